The van der Waals surface area contributed by atoms with Crippen molar-refractivity contribution < 1.29 is 38.1 Å². The lowest BCUT2D eigenvalue weighted by atomic mass is 9.65. The van der Waals surface area contributed by atoms with Gasteiger partial charge < -0.3 is 29.0 Å². The molecule has 0 spiro atoms. The molecule has 9 nitrogen and oxygen atoms in total. The van der Waals surface area contributed by atoms with Crippen molar-refractivity contribution in [1.82, 2.24) is 0 Å². The average molecular weight is 694 g/mol. The Morgan fingerprint density at radius 3 is 1.92 bits per heavy atom. The first-order valence-electron chi connectivity index (χ1n) is 17.3. The first kappa shape index (κ1) is 35.8. The van der Waals surface area contributed by atoms with Crippen LogP contribution in [0.3, 0.4) is 0 Å². The number of hydrogen-bond donors (Lipinski definition) is 1. The predicted molar refractivity (Wildman–Crippen MR) is 194 cm³/mol. The van der Waals surface area contributed by atoms with Gasteiger partial charge in [-0.2, -0.15) is 0 Å². The van der Waals surface area contributed by atoms with E-state index in [1.807, 2.05) is 56.3 Å². The van der Waals surface area contributed by atoms with Crippen LogP contribution in [-0.4, -0.2) is 38.3 Å². The Morgan fingerprint density at radius 2 is 1.31 bits per heavy atom. The Morgan fingerprint density at radius 1 is 0.725 bits per heavy atom. The molecule has 6 rings (SSSR count). The summed E-state index contributed by atoms with van der Waals surface area (Å²) in [4.78, 5) is 40.0. The minimum atomic E-state index is -0.529. The number of benzene rings is 3. The van der Waals surface area contributed by atoms with Crippen LogP contribution in [-0.2, 0) is 25.7 Å². The smallest absolute Gasteiger partial charge is 0.262 e. The van der Waals surface area contributed by atoms with E-state index in [4.69, 9.17) is 23.7 Å². The normalized spacial score (nSPS) is 18.0. The van der Waals surface area contributed by atoms with Gasteiger partial charge in [0.15, 0.2) is 41.2 Å². The van der Waals surface area contributed by atoms with E-state index < -0.39 is 5.92 Å². The second-order valence-electron chi connectivity index (χ2n) is 15.4. The molecule has 3 aromatic carbocycles. The molecule has 51 heavy (non-hydrogen) atoms. The van der Waals surface area contributed by atoms with Gasteiger partial charge in [-0.05, 0) is 83.3 Å². The van der Waals surface area contributed by atoms with Crippen LogP contribution in [0.25, 0.3) is 0 Å². The molecule has 0 saturated heterocycles. The summed E-state index contributed by atoms with van der Waals surface area (Å²) in [6.07, 6.45) is 2.03. The number of nitrogens with one attached hydrogen (secondary N) is 1. The number of Topliss-reactive ketones (excluding diaryl/α,β-unsaturated/α-hetero) is 2. The van der Waals surface area contributed by atoms with Crippen LogP contribution in [0.5, 0.6) is 23.0 Å². The summed E-state index contributed by atoms with van der Waals surface area (Å²) in [6.45, 7) is 12.3. The maximum atomic E-state index is 13.7. The second-order valence-corrected chi connectivity index (χ2v) is 15.4. The van der Waals surface area contributed by atoms with E-state index in [0.717, 1.165) is 22.3 Å². The van der Waals surface area contributed by atoms with E-state index in [1.54, 1.807) is 19.2 Å². The van der Waals surface area contributed by atoms with Crippen molar-refractivity contribution in [2.45, 2.75) is 79.8 Å². The highest BCUT2D eigenvalue weighted by Crippen LogP contribution is 2.54. The summed E-state index contributed by atoms with van der Waals surface area (Å²) in [7, 11) is 3.11. The van der Waals surface area contributed by atoms with Gasteiger partial charge in [-0.1, -0.05) is 45.9 Å². The molecule has 0 unspecified atom stereocenters. The number of methoxy groups -OCH3 is 2. The van der Waals surface area contributed by atoms with Crippen LogP contribution in [0, 0.1) is 24.7 Å². The van der Waals surface area contributed by atoms with Crippen molar-refractivity contribution in [3.8, 4) is 23.0 Å². The molecule has 1 amide bonds. The molecule has 2 aliphatic carbocycles. The molecule has 268 valence electrons. The monoisotopic (exact) mass is 693 g/mol. The van der Waals surface area contributed by atoms with Crippen molar-refractivity contribution in [1.29, 1.82) is 0 Å². The van der Waals surface area contributed by atoms with E-state index in [1.165, 1.54) is 7.11 Å². The number of allylic oxidation sites excluding steroid dienone is 4. The molecular formula is C42H47NO8. The van der Waals surface area contributed by atoms with Gasteiger partial charge in [0.1, 0.15) is 18.1 Å². The standard InChI is InChI=1S/C42H47NO8/c1-24-9-12-28(15-25(24)2)43-37(46)23-50-31-13-10-26(16-33(31)47-7)22-49-32-14-11-27(17-34(32)48-8)38-39-29(44)18-41(3,4)20-35(39)51-36-21-42(5,6)19-30(45)40(36)38/h9-17,38H,18-23H2,1-8H3,(H,43,46). The molecule has 0 aromatic heterocycles. The molecule has 1 N–H and O–H groups in total. The molecule has 3 aromatic rings. The second kappa shape index (κ2) is 13.9. The first-order chi connectivity index (χ1) is 24.2. The zero-order valence-corrected chi connectivity index (χ0v) is 30.8. The highest BCUT2D eigenvalue weighted by molar-refractivity contribution is 6.06. The van der Waals surface area contributed by atoms with Crippen LogP contribution < -0.4 is 24.3 Å². The summed E-state index contributed by atoms with van der Waals surface area (Å²) < 4.78 is 29.8. The van der Waals surface area contributed by atoms with Crippen molar-refractivity contribution >= 4 is 23.2 Å². The van der Waals surface area contributed by atoms with Gasteiger partial charge in [0, 0.05) is 48.4 Å². The summed E-state index contributed by atoms with van der Waals surface area (Å²) in [5.41, 5.74) is 5.24. The average Bonchev–Trinajstić information content (AvgIpc) is 3.06. The zero-order chi connectivity index (χ0) is 36.7. The van der Waals surface area contributed by atoms with E-state index in [-0.39, 0.29) is 41.5 Å². The third kappa shape index (κ3) is 7.67. The maximum Gasteiger partial charge on any atom is 0.262 e. The molecule has 1 heterocycles. The number of hydrogen-bond acceptors (Lipinski definition) is 8. The Kier molecular flexibility index (Phi) is 9.77. The molecule has 1 aliphatic heterocycles. The van der Waals surface area contributed by atoms with Crippen molar-refractivity contribution in [3.63, 3.8) is 0 Å². The quantitative estimate of drug-likeness (QED) is 0.226. The fraction of sp³-hybridized carbons (Fsp3) is 0.405. The summed E-state index contributed by atoms with van der Waals surface area (Å²) >= 11 is 0. The van der Waals surface area contributed by atoms with Crippen molar-refractivity contribution in [2.24, 2.45) is 10.8 Å². The van der Waals surface area contributed by atoms with E-state index in [9.17, 15) is 14.4 Å². The van der Waals surface area contributed by atoms with Gasteiger partial charge in [0.05, 0.1) is 14.2 Å². The lowest BCUT2D eigenvalue weighted by Crippen LogP contribution is -2.37. The minimum Gasteiger partial charge on any atom is -0.493 e. The lowest BCUT2D eigenvalue weighted by molar-refractivity contribution is -0.120. The SMILES string of the molecule is COc1cc(COc2ccc(C3C4=C(CC(C)(C)CC4=O)OC4=C3C(=O)CC(C)(C)C4)cc2OC)ccc1OCC(=O)Nc1ccc(C)c(C)c1. The Balaban J connectivity index is 1.19. The van der Waals surface area contributed by atoms with Gasteiger partial charge >= 0.3 is 0 Å². The number of ether oxygens (including phenoxy) is 5. The number of carbonyl (C=O) groups is 3. The summed E-state index contributed by atoms with van der Waals surface area (Å²) in [6, 6.07) is 16.7. The molecule has 0 radical (unpaired) electrons. The van der Waals surface area contributed by atoms with Gasteiger partial charge in [0.25, 0.3) is 5.91 Å². The molecule has 3 aliphatic rings. The Labute approximate surface area is 300 Å². The Bertz CT molecular complexity index is 1910. The van der Waals surface area contributed by atoms with E-state index in [0.29, 0.717) is 77.0 Å². The van der Waals surface area contributed by atoms with Gasteiger partial charge in [-0.15, -0.1) is 0 Å². The van der Waals surface area contributed by atoms with Gasteiger partial charge in [-0.25, -0.2) is 0 Å². The van der Waals surface area contributed by atoms with Crippen molar-refractivity contribution in [3.05, 3.63) is 99.5 Å². The summed E-state index contributed by atoms with van der Waals surface area (Å²) in [5.74, 6) is 2.45. The van der Waals surface area contributed by atoms with Gasteiger partial charge in [-0.3, -0.25) is 14.4 Å². The number of anilines is 1. The maximum absolute atomic E-state index is 13.7. The number of ketones is 2. The fourth-order valence-corrected chi connectivity index (χ4v) is 7.23. The van der Waals surface area contributed by atoms with Crippen LogP contribution >= 0.6 is 0 Å². The molecule has 0 fully saturated rings. The highest BCUT2D eigenvalue weighted by Gasteiger charge is 2.48. The van der Waals surface area contributed by atoms with Crippen molar-refractivity contribution in [2.75, 3.05) is 26.1 Å². The number of rotatable bonds is 10. The number of aryl methyl sites for hydroxylation is 2. The predicted octanol–water partition coefficient (Wildman–Crippen LogP) is 8.32. The molecule has 9 heteroatoms. The lowest BCUT2D eigenvalue weighted by Gasteiger charge is -2.42. The Hall–Kier alpha value is -5.05. The molecule has 0 bridgehead atoms. The molecule has 0 atom stereocenters. The fourth-order valence-electron chi connectivity index (χ4n) is 7.23. The largest absolute Gasteiger partial charge is 0.493 e. The molecule has 0 saturated carbocycles. The van der Waals surface area contributed by atoms with Crippen LogP contribution in [0.1, 0.15) is 81.5 Å². The van der Waals surface area contributed by atoms with E-state index in [2.05, 4.69) is 33.0 Å². The zero-order valence-electron chi connectivity index (χ0n) is 30.8. The third-order valence-corrected chi connectivity index (χ3v) is 9.87. The number of carbonyl (C=O) groups excluding carboxylic acids is 3. The summed E-state index contributed by atoms with van der Waals surface area (Å²) in [5, 5.41) is 2.86. The first-order valence-corrected chi connectivity index (χ1v) is 17.3. The number of amides is 1. The highest BCUT2D eigenvalue weighted by atomic mass is 16.5. The van der Waals surface area contributed by atoms with Crippen LogP contribution in [0.15, 0.2) is 77.3 Å². The van der Waals surface area contributed by atoms with Crippen LogP contribution in [0.4, 0.5) is 5.69 Å². The third-order valence-electron chi connectivity index (χ3n) is 9.87. The topological polar surface area (TPSA) is 109 Å². The molecular weight excluding hydrogens is 646 g/mol. The van der Waals surface area contributed by atoms with E-state index >= 15 is 0 Å². The van der Waals surface area contributed by atoms with Crippen LogP contribution in [0.2, 0.25) is 0 Å². The van der Waals surface area contributed by atoms with Gasteiger partial charge in [0.2, 0.25) is 0 Å². The minimum absolute atomic E-state index is 0.0121.